The number of alkyl halides is 6. The first-order chi connectivity index (χ1) is 16.8. The lowest BCUT2D eigenvalue weighted by molar-refractivity contribution is -0.138. The minimum Gasteiger partial charge on any atom is -0.481 e. The van der Waals surface area contributed by atoms with Gasteiger partial charge in [-0.15, -0.1) is 0 Å². The molecule has 0 fully saturated rings. The van der Waals surface area contributed by atoms with Crippen molar-refractivity contribution >= 4 is 11.5 Å². The molecule has 0 aliphatic rings. The fourth-order valence-electron chi connectivity index (χ4n) is 3.76. The largest absolute Gasteiger partial charge is 0.481 e. The average Bonchev–Trinajstić information content (AvgIpc) is 2.78. The van der Waals surface area contributed by atoms with Crippen LogP contribution in [0.4, 0.5) is 26.3 Å². The third-order valence-corrected chi connectivity index (χ3v) is 5.57. The van der Waals surface area contributed by atoms with E-state index in [-0.39, 0.29) is 12.3 Å². The summed E-state index contributed by atoms with van der Waals surface area (Å²) in [6.45, 7) is 3.96. The number of carbonyl (C=O) groups is 1. The zero-order valence-corrected chi connectivity index (χ0v) is 19.5. The molecule has 0 saturated heterocycles. The van der Waals surface area contributed by atoms with Gasteiger partial charge in [-0.1, -0.05) is 56.3 Å². The van der Waals surface area contributed by atoms with E-state index in [0.717, 1.165) is 24.3 Å². The lowest BCUT2D eigenvalue weighted by Gasteiger charge is -2.18. The van der Waals surface area contributed by atoms with Gasteiger partial charge in [0.25, 0.3) is 0 Å². The Labute approximate surface area is 204 Å². The summed E-state index contributed by atoms with van der Waals surface area (Å²) in [4.78, 5) is 11.3. The van der Waals surface area contributed by atoms with Gasteiger partial charge in [-0.3, -0.25) is 4.79 Å². The Hall–Kier alpha value is -3.55. The SMILES string of the molecule is CC(C)CC=C(c1ccc(C(F)(F)F)cc1)c1ccc(CC(=O)O)cc1-c1ccc(C(F)(F)F)cc1. The molecule has 0 radical (unpaired) electrons. The molecule has 8 heteroatoms. The fourth-order valence-corrected chi connectivity index (χ4v) is 3.76. The van der Waals surface area contributed by atoms with E-state index in [2.05, 4.69) is 0 Å². The summed E-state index contributed by atoms with van der Waals surface area (Å²) in [5.41, 5.74) is 1.41. The van der Waals surface area contributed by atoms with Gasteiger partial charge in [0.2, 0.25) is 0 Å². The molecule has 3 rings (SSSR count). The minimum absolute atomic E-state index is 0.232. The van der Waals surface area contributed by atoms with Crippen LogP contribution in [0.15, 0.2) is 72.8 Å². The van der Waals surface area contributed by atoms with Crippen molar-refractivity contribution < 1.29 is 36.2 Å². The van der Waals surface area contributed by atoms with Gasteiger partial charge in [0.1, 0.15) is 0 Å². The van der Waals surface area contributed by atoms with Crippen LogP contribution in [0.1, 0.15) is 48.1 Å². The van der Waals surface area contributed by atoms with Crippen molar-refractivity contribution in [3.05, 3.63) is 101 Å². The van der Waals surface area contributed by atoms with E-state index >= 15 is 0 Å². The number of carboxylic acids is 1. The molecule has 0 amide bonds. The molecule has 0 unspecified atom stereocenters. The molecule has 3 aromatic carbocycles. The Morgan fingerprint density at radius 3 is 1.83 bits per heavy atom. The number of aliphatic carboxylic acids is 1. The summed E-state index contributed by atoms with van der Waals surface area (Å²) in [6.07, 6.45) is -6.83. The molecule has 36 heavy (non-hydrogen) atoms. The van der Waals surface area contributed by atoms with E-state index in [1.807, 2.05) is 19.9 Å². The second kappa shape index (κ2) is 10.6. The summed E-state index contributed by atoms with van der Waals surface area (Å²) in [5, 5.41) is 9.22. The molecule has 0 aliphatic heterocycles. The number of allylic oxidation sites excluding steroid dienone is 1. The van der Waals surface area contributed by atoms with Crippen molar-refractivity contribution in [2.75, 3.05) is 0 Å². The molecule has 0 atom stereocenters. The van der Waals surface area contributed by atoms with E-state index in [4.69, 9.17) is 0 Å². The summed E-state index contributed by atoms with van der Waals surface area (Å²) < 4.78 is 78.6. The highest BCUT2D eigenvalue weighted by Crippen LogP contribution is 2.38. The van der Waals surface area contributed by atoms with Crippen LogP contribution in [0.25, 0.3) is 16.7 Å². The molecule has 0 bridgehead atoms. The lowest BCUT2D eigenvalue weighted by atomic mass is 9.87. The second-order valence-electron chi connectivity index (χ2n) is 8.85. The van der Waals surface area contributed by atoms with E-state index in [0.29, 0.717) is 39.8 Å². The molecule has 0 aliphatic carbocycles. The fraction of sp³-hybridized carbons (Fsp3) is 0.250. The number of carboxylic acid groups (broad SMARTS) is 1. The van der Waals surface area contributed by atoms with Crippen LogP contribution in [0.3, 0.4) is 0 Å². The molecule has 0 heterocycles. The predicted octanol–water partition coefficient (Wildman–Crippen LogP) is 8.50. The van der Waals surface area contributed by atoms with Crippen molar-refractivity contribution in [3.8, 4) is 11.1 Å². The molecular formula is C28H24F6O2. The van der Waals surface area contributed by atoms with Gasteiger partial charge in [0.15, 0.2) is 0 Å². The number of hydrogen-bond acceptors (Lipinski definition) is 1. The van der Waals surface area contributed by atoms with Gasteiger partial charge in [-0.05, 0) is 76.1 Å². The van der Waals surface area contributed by atoms with E-state index in [1.54, 1.807) is 18.2 Å². The highest BCUT2D eigenvalue weighted by molar-refractivity contribution is 5.89. The smallest absolute Gasteiger partial charge is 0.416 e. The maximum atomic E-state index is 13.1. The van der Waals surface area contributed by atoms with Gasteiger partial charge >= 0.3 is 18.3 Å². The van der Waals surface area contributed by atoms with Crippen LogP contribution in [0.2, 0.25) is 0 Å². The monoisotopic (exact) mass is 506 g/mol. The topological polar surface area (TPSA) is 37.3 Å². The average molecular weight is 506 g/mol. The van der Waals surface area contributed by atoms with Crippen molar-refractivity contribution in [2.24, 2.45) is 5.92 Å². The van der Waals surface area contributed by atoms with Crippen molar-refractivity contribution in [3.63, 3.8) is 0 Å². The number of rotatable bonds is 7. The maximum absolute atomic E-state index is 13.1. The Bertz CT molecular complexity index is 1240. The van der Waals surface area contributed by atoms with E-state index in [1.165, 1.54) is 24.3 Å². The molecular weight excluding hydrogens is 482 g/mol. The van der Waals surface area contributed by atoms with Gasteiger partial charge < -0.3 is 5.11 Å². The lowest BCUT2D eigenvalue weighted by Crippen LogP contribution is -2.05. The van der Waals surface area contributed by atoms with E-state index < -0.39 is 29.4 Å². The number of hydrogen-bond donors (Lipinski definition) is 1. The first kappa shape index (κ1) is 27.0. The maximum Gasteiger partial charge on any atom is 0.416 e. The highest BCUT2D eigenvalue weighted by Gasteiger charge is 2.31. The molecule has 1 N–H and O–H groups in total. The first-order valence-electron chi connectivity index (χ1n) is 11.2. The predicted molar refractivity (Wildman–Crippen MR) is 126 cm³/mol. The molecule has 190 valence electrons. The van der Waals surface area contributed by atoms with Crippen LogP contribution in [-0.2, 0) is 23.6 Å². The zero-order chi connectivity index (χ0) is 26.7. The van der Waals surface area contributed by atoms with Crippen LogP contribution in [0.5, 0.6) is 0 Å². The third-order valence-electron chi connectivity index (χ3n) is 5.57. The van der Waals surface area contributed by atoms with Crippen LogP contribution < -0.4 is 0 Å². The molecule has 0 spiro atoms. The number of benzene rings is 3. The summed E-state index contributed by atoms with van der Waals surface area (Å²) in [7, 11) is 0. The van der Waals surface area contributed by atoms with Crippen molar-refractivity contribution in [2.45, 2.75) is 39.0 Å². The van der Waals surface area contributed by atoms with Crippen molar-refractivity contribution in [1.82, 2.24) is 0 Å². The summed E-state index contributed by atoms with van der Waals surface area (Å²) in [6, 6.07) is 14.0. The minimum atomic E-state index is -4.52. The summed E-state index contributed by atoms with van der Waals surface area (Å²) >= 11 is 0. The van der Waals surface area contributed by atoms with Crippen LogP contribution in [-0.4, -0.2) is 11.1 Å². The zero-order valence-electron chi connectivity index (χ0n) is 19.5. The molecule has 2 nitrogen and oxygen atoms in total. The Kier molecular flexibility index (Phi) is 7.96. The van der Waals surface area contributed by atoms with Gasteiger partial charge in [0.05, 0.1) is 17.5 Å². The molecule has 0 saturated carbocycles. The second-order valence-corrected chi connectivity index (χ2v) is 8.85. The normalized spacial score (nSPS) is 12.8. The highest BCUT2D eigenvalue weighted by atomic mass is 19.4. The quantitative estimate of drug-likeness (QED) is 0.326. The third kappa shape index (κ3) is 6.77. The van der Waals surface area contributed by atoms with E-state index in [9.17, 15) is 36.2 Å². The Morgan fingerprint density at radius 1 is 0.833 bits per heavy atom. The first-order valence-corrected chi connectivity index (χ1v) is 11.2. The van der Waals surface area contributed by atoms with Crippen LogP contribution in [0, 0.1) is 5.92 Å². The van der Waals surface area contributed by atoms with Crippen molar-refractivity contribution in [1.29, 1.82) is 0 Å². The Balaban J connectivity index is 2.20. The number of halogens is 6. The summed E-state index contributed by atoms with van der Waals surface area (Å²) in [5.74, 6) is -0.838. The molecule has 3 aromatic rings. The molecule has 0 aromatic heterocycles. The van der Waals surface area contributed by atoms with Gasteiger partial charge in [-0.25, -0.2) is 0 Å². The standard InChI is InChI=1S/C28H24F6O2/c1-17(2)3-13-23(19-5-9-21(10-6-19)27(29,30)31)24-14-4-18(16-26(35)36)15-25(24)20-7-11-22(12-8-20)28(32,33)34/h4-15,17H,3,16H2,1-2H3,(H,35,36). The van der Waals surface area contributed by atoms with Gasteiger partial charge in [0, 0.05) is 0 Å². The van der Waals surface area contributed by atoms with Crippen LogP contribution >= 0.6 is 0 Å². The van der Waals surface area contributed by atoms with Gasteiger partial charge in [-0.2, -0.15) is 26.3 Å². The Morgan fingerprint density at radius 2 is 1.36 bits per heavy atom.